The summed E-state index contributed by atoms with van der Waals surface area (Å²) in [6, 6.07) is 7.07. The Morgan fingerprint density at radius 2 is 2.06 bits per heavy atom. The van der Waals surface area contributed by atoms with Crippen LogP contribution >= 0.6 is 0 Å². The van der Waals surface area contributed by atoms with Crippen LogP contribution in [0.4, 0.5) is 15.8 Å². The van der Waals surface area contributed by atoms with Gasteiger partial charge in [0.2, 0.25) is 0 Å². The molecule has 1 amide bonds. The van der Waals surface area contributed by atoms with Crippen molar-refractivity contribution in [1.82, 2.24) is 20.6 Å². The van der Waals surface area contributed by atoms with Gasteiger partial charge in [0.15, 0.2) is 0 Å². The molecule has 8 heteroatoms. The van der Waals surface area contributed by atoms with Crippen molar-refractivity contribution in [2.75, 3.05) is 25.0 Å². The quantitative estimate of drug-likeness (QED) is 0.395. The van der Waals surface area contributed by atoms with Gasteiger partial charge in [0.1, 0.15) is 18.2 Å². The fourth-order valence-corrected chi connectivity index (χ4v) is 4.54. The van der Waals surface area contributed by atoms with Crippen molar-refractivity contribution in [2.45, 2.75) is 52.5 Å². The molecule has 2 aliphatic rings. The Balaban J connectivity index is 0.00000141. The molecule has 1 atom stereocenters. The predicted octanol–water partition coefficient (Wildman–Crippen LogP) is 5.10. The summed E-state index contributed by atoms with van der Waals surface area (Å²) in [5.41, 5.74) is 4.65. The molecular weight excluding hydrogens is 445 g/mol. The molecule has 1 fully saturated rings. The van der Waals surface area contributed by atoms with Gasteiger partial charge in [-0.25, -0.2) is 4.39 Å². The van der Waals surface area contributed by atoms with Gasteiger partial charge >= 0.3 is 0 Å². The maximum Gasteiger partial charge on any atom is 0.255 e. The lowest BCUT2D eigenvalue weighted by Crippen LogP contribution is -2.38. The van der Waals surface area contributed by atoms with Crippen molar-refractivity contribution >= 4 is 17.3 Å². The standard InChI is InChI=1S/C25H28FN5O2.C2H6/c1-15-18(26)6-4-7-19(15)30-24-22-20(9-12-29-25(22)32)31-23(24)17-8-11-27-13-21(17)33-14-16-5-2-3-10-28-16;1-2/h4,6-8,11,13,16,28,30-31H,2-3,5,9-10,12,14H2,1H3,(H,29,32);1-2H3. The third-order valence-electron chi connectivity index (χ3n) is 6.40. The highest BCUT2D eigenvalue weighted by Crippen LogP contribution is 2.40. The predicted molar refractivity (Wildman–Crippen MR) is 137 cm³/mol. The first-order chi connectivity index (χ1) is 17.1. The fourth-order valence-electron chi connectivity index (χ4n) is 4.54. The highest BCUT2D eigenvalue weighted by Gasteiger charge is 2.28. The number of hydrogen-bond acceptors (Lipinski definition) is 5. The summed E-state index contributed by atoms with van der Waals surface area (Å²) in [7, 11) is 0. The lowest BCUT2D eigenvalue weighted by Gasteiger charge is -2.24. The number of hydrogen-bond donors (Lipinski definition) is 4. The maximum atomic E-state index is 14.2. The van der Waals surface area contributed by atoms with E-state index in [9.17, 15) is 9.18 Å². The summed E-state index contributed by atoms with van der Waals surface area (Å²) in [6.45, 7) is 7.84. The average Bonchev–Trinajstić information content (AvgIpc) is 3.27. The van der Waals surface area contributed by atoms with E-state index in [0.717, 1.165) is 29.9 Å². The summed E-state index contributed by atoms with van der Waals surface area (Å²) < 4.78 is 20.4. The lowest BCUT2D eigenvalue weighted by molar-refractivity contribution is 0.0947. The fraction of sp³-hybridized carbons (Fsp3) is 0.407. The van der Waals surface area contributed by atoms with Crippen LogP contribution in [0.2, 0.25) is 0 Å². The van der Waals surface area contributed by atoms with E-state index >= 15 is 0 Å². The maximum absolute atomic E-state index is 14.2. The Labute approximate surface area is 205 Å². The zero-order valence-corrected chi connectivity index (χ0v) is 20.6. The van der Waals surface area contributed by atoms with Crippen LogP contribution in [0.5, 0.6) is 5.75 Å². The summed E-state index contributed by atoms with van der Waals surface area (Å²) >= 11 is 0. The van der Waals surface area contributed by atoms with Crippen LogP contribution in [0.1, 0.15) is 54.7 Å². The normalized spacial score (nSPS) is 17.0. The molecule has 0 spiro atoms. The van der Waals surface area contributed by atoms with E-state index in [1.807, 2.05) is 19.9 Å². The van der Waals surface area contributed by atoms with E-state index in [1.165, 1.54) is 18.9 Å². The Morgan fingerprint density at radius 3 is 2.86 bits per heavy atom. The molecule has 1 saturated heterocycles. The monoisotopic (exact) mass is 479 g/mol. The van der Waals surface area contributed by atoms with Crippen LogP contribution < -0.4 is 20.7 Å². The molecule has 2 aromatic heterocycles. The highest BCUT2D eigenvalue weighted by molar-refractivity contribution is 6.06. The summed E-state index contributed by atoms with van der Waals surface area (Å²) in [5.74, 6) is 0.185. The van der Waals surface area contributed by atoms with Gasteiger partial charge in [0, 0.05) is 47.7 Å². The van der Waals surface area contributed by atoms with E-state index < -0.39 is 0 Å². The number of benzene rings is 1. The number of anilines is 2. The van der Waals surface area contributed by atoms with Crippen molar-refractivity contribution in [2.24, 2.45) is 0 Å². The minimum atomic E-state index is -0.302. The van der Waals surface area contributed by atoms with Crippen molar-refractivity contribution in [3.8, 4) is 17.0 Å². The number of nitrogens with zero attached hydrogens (tertiary/aromatic N) is 1. The molecule has 2 aliphatic heterocycles. The number of halogens is 1. The SMILES string of the molecule is CC.Cc1c(F)cccc1Nc1c(-c2ccncc2OCC2CCCCN2)[nH]c2c1C(=O)NCC2. The average molecular weight is 480 g/mol. The first kappa shape index (κ1) is 24.7. The third-order valence-corrected chi connectivity index (χ3v) is 6.40. The van der Waals surface area contributed by atoms with Gasteiger partial charge in [-0.1, -0.05) is 26.3 Å². The lowest BCUT2D eigenvalue weighted by atomic mass is 10.0. The van der Waals surface area contributed by atoms with Crippen molar-refractivity contribution < 1.29 is 13.9 Å². The minimum Gasteiger partial charge on any atom is -0.490 e. The highest BCUT2D eigenvalue weighted by atomic mass is 19.1. The second-order valence-corrected chi connectivity index (χ2v) is 8.60. The number of aromatic nitrogens is 2. The Morgan fingerprint density at radius 1 is 1.20 bits per heavy atom. The molecule has 1 unspecified atom stereocenters. The van der Waals surface area contributed by atoms with Gasteiger partial charge in [0.25, 0.3) is 5.91 Å². The molecule has 186 valence electrons. The van der Waals surface area contributed by atoms with Crippen LogP contribution in [0, 0.1) is 12.7 Å². The molecule has 7 nitrogen and oxygen atoms in total. The largest absolute Gasteiger partial charge is 0.490 e. The van der Waals surface area contributed by atoms with E-state index in [0.29, 0.717) is 53.9 Å². The molecular formula is C27H34FN5O2. The zero-order valence-electron chi connectivity index (χ0n) is 20.6. The second-order valence-electron chi connectivity index (χ2n) is 8.60. The Kier molecular flexibility index (Phi) is 8.02. The van der Waals surface area contributed by atoms with Crippen molar-refractivity contribution in [1.29, 1.82) is 0 Å². The van der Waals surface area contributed by atoms with Crippen LogP contribution in [0.25, 0.3) is 11.3 Å². The topological polar surface area (TPSA) is 91.1 Å². The number of fused-ring (bicyclic) bond motifs is 1. The van der Waals surface area contributed by atoms with Gasteiger partial charge in [-0.2, -0.15) is 0 Å². The minimum absolute atomic E-state index is 0.154. The first-order valence-electron chi connectivity index (χ1n) is 12.5. The van der Waals surface area contributed by atoms with Gasteiger partial charge in [0.05, 0.1) is 23.1 Å². The van der Waals surface area contributed by atoms with Crippen LogP contribution in [-0.4, -0.2) is 41.6 Å². The van der Waals surface area contributed by atoms with Crippen LogP contribution in [0.3, 0.4) is 0 Å². The number of rotatable bonds is 6. The molecule has 0 saturated carbocycles. The smallest absolute Gasteiger partial charge is 0.255 e. The molecule has 35 heavy (non-hydrogen) atoms. The number of aromatic amines is 1. The van der Waals surface area contributed by atoms with E-state index in [2.05, 4.69) is 25.9 Å². The van der Waals surface area contributed by atoms with E-state index in [-0.39, 0.29) is 11.7 Å². The Bertz CT molecular complexity index is 1170. The van der Waals surface area contributed by atoms with Crippen molar-refractivity contribution in [3.05, 3.63) is 59.3 Å². The number of carbonyl (C=O) groups is 1. The molecule has 5 rings (SSSR count). The number of carbonyl (C=O) groups excluding carboxylic acids is 1. The number of H-pyrrole nitrogens is 1. The van der Waals surface area contributed by atoms with E-state index in [4.69, 9.17) is 4.74 Å². The first-order valence-corrected chi connectivity index (χ1v) is 12.5. The van der Waals surface area contributed by atoms with Gasteiger partial charge in [-0.3, -0.25) is 9.78 Å². The van der Waals surface area contributed by atoms with E-state index in [1.54, 1.807) is 31.5 Å². The molecule has 0 bridgehead atoms. The molecule has 0 radical (unpaired) electrons. The molecule has 3 aromatic rings. The molecule has 4 heterocycles. The van der Waals surface area contributed by atoms with Crippen LogP contribution in [0.15, 0.2) is 36.7 Å². The summed E-state index contributed by atoms with van der Waals surface area (Å²) in [4.78, 5) is 20.5. The van der Waals surface area contributed by atoms with Gasteiger partial charge in [-0.15, -0.1) is 0 Å². The number of piperidine rings is 1. The van der Waals surface area contributed by atoms with Gasteiger partial charge < -0.3 is 25.7 Å². The summed E-state index contributed by atoms with van der Waals surface area (Å²) in [6.07, 6.45) is 7.57. The Hall–Kier alpha value is -3.39. The third kappa shape index (κ3) is 5.32. The van der Waals surface area contributed by atoms with Crippen LogP contribution in [-0.2, 0) is 6.42 Å². The summed E-state index contributed by atoms with van der Waals surface area (Å²) in [5, 5.41) is 9.74. The molecule has 4 N–H and O–H groups in total. The number of amides is 1. The number of ether oxygens (including phenoxy) is 1. The number of pyridine rings is 1. The number of nitrogens with one attached hydrogen (secondary N) is 4. The zero-order chi connectivity index (χ0) is 24.8. The molecule has 1 aromatic carbocycles. The molecule has 0 aliphatic carbocycles. The van der Waals surface area contributed by atoms with Crippen molar-refractivity contribution in [3.63, 3.8) is 0 Å². The van der Waals surface area contributed by atoms with Gasteiger partial charge in [-0.05, 0) is 44.5 Å². The second kappa shape index (κ2) is 11.4.